The van der Waals surface area contributed by atoms with Gasteiger partial charge in [0.05, 0.1) is 14.2 Å². The Morgan fingerprint density at radius 2 is 2.04 bits per heavy atom. The lowest BCUT2D eigenvalue weighted by Crippen LogP contribution is -2.19. The highest BCUT2D eigenvalue weighted by Gasteiger charge is 2.17. The van der Waals surface area contributed by atoms with E-state index in [0.717, 1.165) is 0 Å². The minimum atomic E-state index is -0.601. The summed E-state index contributed by atoms with van der Waals surface area (Å²) >= 11 is 0. The molecule has 0 atom stereocenters. The van der Waals surface area contributed by atoms with Crippen molar-refractivity contribution >= 4 is 17.4 Å². The molecule has 9 heteroatoms. The van der Waals surface area contributed by atoms with Gasteiger partial charge in [-0.1, -0.05) is 0 Å². The predicted octanol–water partition coefficient (Wildman–Crippen LogP) is 1.76. The second kappa shape index (κ2) is 6.77. The summed E-state index contributed by atoms with van der Waals surface area (Å²) in [4.78, 5) is 25.9. The monoisotopic (exact) mass is 320 g/mol. The van der Waals surface area contributed by atoms with Crippen molar-refractivity contribution in [2.75, 3.05) is 19.5 Å². The fourth-order valence-corrected chi connectivity index (χ4v) is 2.01. The van der Waals surface area contributed by atoms with Crippen molar-refractivity contribution < 1.29 is 19.2 Å². The molecule has 0 aliphatic carbocycles. The fraction of sp³-hybridized carbons (Fsp3) is 0.286. The summed E-state index contributed by atoms with van der Waals surface area (Å²) < 4.78 is 11.7. The molecule has 0 unspecified atom stereocenters. The van der Waals surface area contributed by atoms with Crippen LogP contribution in [-0.4, -0.2) is 34.6 Å². The van der Waals surface area contributed by atoms with Crippen molar-refractivity contribution in [2.45, 2.75) is 13.5 Å². The van der Waals surface area contributed by atoms with Gasteiger partial charge in [-0.3, -0.25) is 9.36 Å². The van der Waals surface area contributed by atoms with Crippen molar-refractivity contribution in [3.8, 4) is 11.5 Å². The molecular formula is C14H16N4O5. The molecule has 1 N–H and O–H groups in total. The standard InChI is InChI=1S/C14H16N4O5/c1-9-15-13(18(20)21)7-17(9)8-14(19)16-10-4-5-11(22-2)12(6-10)23-3/h4-7H,8H2,1-3H3,(H,16,19). The maximum atomic E-state index is 12.1. The number of benzene rings is 1. The molecule has 1 aromatic carbocycles. The number of nitro groups is 1. The second-order valence-corrected chi connectivity index (χ2v) is 4.65. The summed E-state index contributed by atoms with van der Waals surface area (Å²) in [7, 11) is 3.02. The molecular weight excluding hydrogens is 304 g/mol. The van der Waals surface area contributed by atoms with Gasteiger partial charge in [0.15, 0.2) is 11.5 Å². The molecule has 1 amide bonds. The maximum Gasteiger partial charge on any atom is 0.381 e. The lowest BCUT2D eigenvalue weighted by Gasteiger charge is -2.10. The molecule has 0 aliphatic rings. The van der Waals surface area contributed by atoms with Crippen molar-refractivity contribution in [1.29, 1.82) is 0 Å². The maximum absolute atomic E-state index is 12.1. The Bertz CT molecular complexity index is 741. The summed E-state index contributed by atoms with van der Waals surface area (Å²) in [6.07, 6.45) is 1.23. The molecule has 0 radical (unpaired) electrons. The Labute approximate surface area is 132 Å². The molecule has 9 nitrogen and oxygen atoms in total. The predicted molar refractivity (Wildman–Crippen MR) is 81.8 cm³/mol. The molecule has 23 heavy (non-hydrogen) atoms. The van der Waals surface area contributed by atoms with Gasteiger partial charge in [-0.05, 0) is 22.0 Å². The van der Waals surface area contributed by atoms with E-state index in [1.807, 2.05) is 0 Å². The van der Waals surface area contributed by atoms with Gasteiger partial charge in [-0.2, -0.15) is 0 Å². The third-order valence-electron chi connectivity index (χ3n) is 3.13. The minimum Gasteiger partial charge on any atom is -0.493 e. The van der Waals surface area contributed by atoms with Gasteiger partial charge in [0.25, 0.3) is 0 Å². The molecule has 1 heterocycles. The zero-order valence-electron chi connectivity index (χ0n) is 12.9. The summed E-state index contributed by atoms with van der Waals surface area (Å²) in [5.74, 6) is 0.791. The Morgan fingerprint density at radius 3 is 2.61 bits per heavy atom. The molecule has 122 valence electrons. The first-order chi connectivity index (χ1) is 10.9. The number of nitrogens with one attached hydrogen (secondary N) is 1. The van der Waals surface area contributed by atoms with Crippen LogP contribution in [0.2, 0.25) is 0 Å². The Balaban J connectivity index is 2.09. The second-order valence-electron chi connectivity index (χ2n) is 4.65. The van der Waals surface area contributed by atoms with E-state index in [1.165, 1.54) is 25.0 Å². The van der Waals surface area contributed by atoms with Crippen LogP contribution < -0.4 is 14.8 Å². The van der Waals surface area contributed by atoms with Crippen molar-refractivity contribution in [3.63, 3.8) is 0 Å². The number of amides is 1. The quantitative estimate of drug-likeness (QED) is 0.641. The number of nitrogens with zero attached hydrogens (tertiary/aromatic N) is 3. The molecule has 0 bridgehead atoms. The molecule has 0 aliphatic heterocycles. The normalized spacial score (nSPS) is 10.2. The number of ether oxygens (including phenoxy) is 2. The zero-order valence-corrected chi connectivity index (χ0v) is 12.9. The largest absolute Gasteiger partial charge is 0.493 e. The molecule has 0 saturated carbocycles. The minimum absolute atomic E-state index is 0.0823. The fourth-order valence-electron chi connectivity index (χ4n) is 2.01. The van der Waals surface area contributed by atoms with Gasteiger partial charge in [0.2, 0.25) is 11.7 Å². The van der Waals surface area contributed by atoms with E-state index in [-0.39, 0.29) is 18.3 Å². The molecule has 2 aromatic rings. The number of hydrogen-bond donors (Lipinski definition) is 1. The van der Waals surface area contributed by atoms with Crippen LogP contribution in [0.3, 0.4) is 0 Å². The van der Waals surface area contributed by atoms with E-state index in [4.69, 9.17) is 9.47 Å². The van der Waals surface area contributed by atoms with Crippen molar-refractivity contribution in [3.05, 3.63) is 40.3 Å². The smallest absolute Gasteiger partial charge is 0.381 e. The van der Waals surface area contributed by atoms with Gasteiger partial charge in [-0.25, -0.2) is 0 Å². The van der Waals surface area contributed by atoms with Gasteiger partial charge < -0.3 is 24.9 Å². The van der Waals surface area contributed by atoms with E-state index in [9.17, 15) is 14.9 Å². The third kappa shape index (κ3) is 3.76. The lowest BCUT2D eigenvalue weighted by molar-refractivity contribution is -0.389. The number of carbonyl (C=O) groups excluding carboxylic acids is 1. The lowest BCUT2D eigenvalue weighted by atomic mass is 10.2. The Kier molecular flexibility index (Phi) is 4.79. The number of carbonyl (C=O) groups is 1. The van der Waals surface area contributed by atoms with Crippen molar-refractivity contribution in [2.24, 2.45) is 0 Å². The van der Waals surface area contributed by atoms with E-state index in [0.29, 0.717) is 23.0 Å². The SMILES string of the molecule is COc1ccc(NC(=O)Cn2cc([N+](=O)[O-])nc2C)cc1OC. The molecule has 2 rings (SSSR count). The number of rotatable bonds is 6. The topological polar surface area (TPSA) is 109 Å². The van der Waals surface area contributed by atoms with Crippen LogP contribution in [0.15, 0.2) is 24.4 Å². The summed E-state index contributed by atoms with van der Waals surface area (Å²) in [5.41, 5.74) is 0.528. The van der Waals surface area contributed by atoms with Crippen LogP contribution >= 0.6 is 0 Å². The van der Waals surface area contributed by atoms with Crippen LogP contribution in [0, 0.1) is 17.0 Å². The molecule has 0 spiro atoms. The molecule has 1 aromatic heterocycles. The van der Waals surface area contributed by atoms with Gasteiger partial charge in [0.1, 0.15) is 12.7 Å². The zero-order chi connectivity index (χ0) is 17.0. The van der Waals surface area contributed by atoms with Gasteiger partial charge in [0, 0.05) is 18.7 Å². The van der Waals surface area contributed by atoms with Crippen LogP contribution in [0.5, 0.6) is 11.5 Å². The van der Waals surface area contributed by atoms with Crippen LogP contribution in [-0.2, 0) is 11.3 Å². The molecule has 0 fully saturated rings. The van der Waals surface area contributed by atoms with Crippen molar-refractivity contribution in [1.82, 2.24) is 9.55 Å². The first kappa shape index (κ1) is 16.3. The first-order valence-corrected chi connectivity index (χ1v) is 6.64. The van der Waals surface area contributed by atoms with Crippen LogP contribution in [0.25, 0.3) is 0 Å². The number of anilines is 1. The highest BCUT2D eigenvalue weighted by molar-refractivity contribution is 5.91. The summed E-state index contributed by atoms with van der Waals surface area (Å²) in [6, 6.07) is 4.96. The number of imidazole rings is 1. The first-order valence-electron chi connectivity index (χ1n) is 6.64. The highest BCUT2D eigenvalue weighted by atomic mass is 16.6. The van der Waals surface area contributed by atoms with E-state index < -0.39 is 4.92 Å². The van der Waals surface area contributed by atoms with Gasteiger partial charge in [-0.15, -0.1) is 0 Å². The van der Waals surface area contributed by atoms with E-state index in [2.05, 4.69) is 10.3 Å². The average molecular weight is 320 g/mol. The van der Waals surface area contributed by atoms with Crippen LogP contribution in [0.1, 0.15) is 5.82 Å². The Morgan fingerprint density at radius 1 is 1.35 bits per heavy atom. The Hall–Kier alpha value is -3.10. The van der Waals surface area contributed by atoms with E-state index in [1.54, 1.807) is 25.1 Å². The number of aromatic nitrogens is 2. The van der Waals surface area contributed by atoms with Gasteiger partial charge >= 0.3 is 5.82 Å². The summed E-state index contributed by atoms with van der Waals surface area (Å²) in [5, 5.41) is 13.4. The third-order valence-corrected chi connectivity index (χ3v) is 3.13. The summed E-state index contributed by atoms with van der Waals surface area (Å²) in [6.45, 7) is 1.51. The molecule has 0 saturated heterocycles. The highest BCUT2D eigenvalue weighted by Crippen LogP contribution is 2.29. The number of hydrogen-bond acceptors (Lipinski definition) is 6. The number of aryl methyl sites for hydroxylation is 1. The van der Waals surface area contributed by atoms with E-state index >= 15 is 0 Å². The van der Waals surface area contributed by atoms with Crippen LogP contribution in [0.4, 0.5) is 11.5 Å². The number of methoxy groups -OCH3 is 2. The average Bonchev–Trinajstić information content (AvgIpc) is 2.88.